The maximum Gasteiger partial charge on any atom is 0.355 e. The quantitative estimate of drug-likeness (QED) is 0.810. The average molecular weight is 379 g/mol. The lowest BCUT2D eigenvalue weighted by molar-refractivity contribution is -0.139. The van der Waals surface area contributed by atoms with Crippen molar-refractivity contribution in [2.24, 2.45) is 0 Å². The van der Waals surface area contributed by atoms with Gasteiger partial charge in [0.25, 0.3) is 5.56 Å². The first-order valence-electron chi connectivity index (χ1n) is 8.26. The highest BCUT2D eigenvalue weighted by atomic mass is 16.5. The maximum absolute atomic E-state index is 12.4. The van der Waals surface area contributed by atoms with E-state index < -0.39 is 11.9 Å². The van der Waals surface area contributed by atoms with Crippen LogP contribution in [0.2, 0.25) is 0 Å². The van der Waals surface area contributed by atoms with Gasteiger partial charge in [0.15, 0.2) is 0 Å². The van der Waals surface area contributed by atoms with E-state index in [9.17, 15) is 14.4 Å². The first kappa shape index (κ1) is 18.8. The molecule has 28 heavy (non-hydrogen) atoms. The molecule has 0 saturated carbocycles. The van der Waals surface area contributed by atoms with E-state index in [-0.39, 0.29) is 16.8 Å². The molecule has 0 saturated heterocycles. The number of aromatic amines is 1. The van der Waals surface area contributed by atoms with Crippen LogP contribution >= 0.6 is 0 Å². The van der Waals surface area contributed by atoms with Crippen LogP contribution in [-0.4, -0.2) is 36.4 Å². The summed E-state index contributed by atoms with van der Waals surface area (Å²) in [5.41, 5.74) is 1.81. The fourth-order valence-corrected chi connectivity index (χ4v) is 2.66. The minimum absolute atomic E-state index is 0.0364. The van der Waals surface area contributed by atoms with Crippen molar-refractivity contribution in [3.05, 3.63) is 82.5 Å². The van der Waals surface area contributed by atoms with E-state index in [2.05, 4.69) is 10.2 Å². The standard InChI is InChI=1S/C20H17N3O5/c1-27-19(25)15-5-3-4-12-23(18(15)20(26)28-2)14-8-6-13(7-9-14)16-10-11-17(24)22-21-16/h3-12H,1-2H3,(H,22,24). The number of nitrogens with zero attached hydrogens (tertiary/aromatic N) is 2. The Labute approximate surface area is 160 Å². The summed E-state index contributed by atoms with van der Waals surface area (Å²) >= 11 is 0. The predicted octanol–water partition coefficient (Wildman–Crippen LogP) is 1.93. The number of methoxy groups -OCH3 is 2. The molecule has 0 atom stereocenters. The second kappa shape index (κ2) is 8.17. The fraction of sp³-hybridized carbons (Fsp3) is 0.100. The summed E-state index contributed by atoms with van der Waals surface area (Å²) in [4.78, 5) is 37.3. The van der Waals surface area contributed by atoms with E-state index in [4.69, 9.17) is 9.47 Å². The van der Waals surface area contributed by atoms with Crippen LogP contribution in [0.25, 0.3) is 11.3 Å². The Bertz CT molecular complexity index is 1030. The van der Waals surface area contributed by atoms with Gasteiger partial charge in [0.2, 0.25) is 0 Å². The van der Waals surface area contributed by atoms with Gasteiger partial charge in [0.1, 0.15) is 5.70 Å². The lowest BCUT2D eigenvalue weighted by Crippen LogP contribution is -2.26. The number of hydrogen-bond donors (Lipinski definition) is 1. The Morgan fingerprint density at radius 3 is 2.29 bits per heavy atom. The summed E-state index contributed by atoms with van der Waals surface area (Å²) in [6.45, 7) is 0. The molecule has 1 N–H and O–H groups in total. The van der Waals surface area contributed by atoms with Crippen LogP contribution in [0, 0.1) is 0 Å². The van der Waals surface area contributed by atoms with Gasteiger partial charge in [0, 0.05) is 23.5 Å². The molecule has 3 rings (SSSR count). The van der Waals surface area contributed by atoms with Crippen molar-refractivity contribution < 1.29 is 19.1 Å². The fourth-order valence-electron chi connectivity index (χ4n) is 2.66. The summed E-state index contributed by atoms with van der Waals surface area (Å²) in [5.74, 6) is -1.33. The predicted molar refractivity (Wildman–Crippen MR) is 102 cm³/mol. The van der Waals surface area contributed by atoms with E-state index in [0.717, 1.165) is 5.56 Å². The number of hydrogen-bond acceptors (Lipinski definition) is 7. The number of aromatic nitrogens is 2. The van der Waals surface area contributed by atoms with Gasteiger partial charge >= 0.3 is 11.9 Å². The Morgan fingerprint density at radius 2 is 1.68 bits per heavy atom. The molecule has 0 bridgehead atoms. The Hall–Kier alpha value is -3.94. The zero-order valence-electron chi connectivity index (χ0n) is 15.2. The number of H-pyrrole nitrogens is 1. The van der Waals surface area contributed by atoms with E-state index >= 15 is 0 Å². The molecule has 2 heterocycles. The summed E-state index contributed by atoms with van der Waals surface area (Å²) < 4.78 is 9.66. The van der Waals surface area contributed by atoms with Gasteiger partial charge in [-0.3, -0.25) is 4.79 Å². The highest BCUT2D eigenvalue weighted by Crippen LogP contribution is 2.28. The van der Waals surface area contributed by atoms with Crippen LogP contribution in [0.15, 0.2) is 76.9 Å². The Balaban J connectivity index is 2.04. The number of carbonyl (C=O) groups is 2. The Morgan fingerprint density at radius 1 is 0.964 bits per heavy atom. The number of ether oxygens (including phenoxy) is 2. The topological polar surface area (TPSA) is 102 Å². The first-order valence-corrected chi connectivity index (χ1v) is 8.26. The van der Waals surface area contributed by atoms with Gasteiger partial charge < -0.3 is 14.4 Å². The van der Waals surface area contributed by atoms with Gasteiger partial charge in [0.05, 0.1) is 25.5 Å². The van der Waals surface area contributed by atoms with Crippen LogP contribution in [0.3, 0.4) is 0 Å². The number of anilines is 1. The molecule has 1 aromatic carbocycles. The number of allylic oxidation sites excluding steroid dienone is 2. The largest absolute Gasteiger partial charge is 0.465 e. The van der Waals surface area contributed by atoms with Gasteiger partial charge in [-0.2, -0.15) is 5.10 Å². The van der Waals surface area contributed by atoms with Gasteiger partial charge in [-0.25, -0.2) is 14.7 Å². The zero-order valence-corrected chi connectivity index (χ0v) is 15.2. The number of esters is 2. The molecule has 1 aromatic heterocycles. The van der Waals surface area contributed by atoms with Crippen molar-refractivity contribution >= 4 is 17.6 Å². The summed E-state index contributed by atoms with van der Waals surface area (Å²) in [6, 6.07) is 10.1. The third kappa shape index (κ3) is 3.75. The number of nitrogens with one attached hydrogen (secondary N) is 1. The molecule has 0 aliphatic carbocycles. The summed E-state index contributed by atoms with van der Waals surface area (Å²) in [6.07, 6.45) is 6.46. The SMILES string of the molecule is COC(=O)C1=C(C(=O)OC)N(c2ccc(-c3ccc(=O)[nH]n3)cc2)C=CC=C1. The molecule has 8 nitrogen and oxygen atoms in total. The van der Waals surface area contributed by atoms with Crippen molar-refractivity contribution in [1.29, 1.82) is 0 Å². The minimum Gasteiger partial charge on any atom is -0.465 e. The molecule has 0 amide bonds. The normalized spacial score (nSPS) is 13.3. The first-order chi connectivity index (χ1) is 13.5. The molecule has 0 fully saturated rings. The van der Waals surface area contributed by atoms with Gasteiger partial charge in [-0.15, -0.1) is 0 Å². The van der Waals surface area contributed by atoms with Crippen molar-refractivity contribution in [2.75, 3.05) is 19.1 Å². The molecule has 1 aliphatic rings. The lowest BCUT2D eigenvalue weighted by Gasteiger charge is -2.23. The van der Waals surface area contributed by atoms with Crippen LogP contribution < -0.4 is 10.5 Å². The molecule has 0 unspecified atom stereocenters. The maximum atomic E-state index is 12.4. The molecule has 2 aromatic rings. The molecular weight excluding hydrogens is 362 g/mol. The van der Waals surface area contributed by atoms with E-state index in [1.165, 1.54) is 26.4 Å². The zero-order chi connectivity index (χ0) is 20.1. The minimum atomic E-state index is -0.678. The lowest BCUT2D eigenvalue weighted by atomic mass is 10.1. The molecule has 0 spiro atoms. The smallest absolute Gasteiger partial charge is 0.355 e. The number of benzene rings is 1. The third-order valence-corrected chi connectivity index (χ3v) is 4.01. The van der Waals surface area contributed by atoms with Crippen molar-refractivity contribution in [3.63, 3.8) is 0 Å². The number of carbonyl (C=O) groups excluding carboxylic acids is 2. The van der Waals surface area contributed by atoms with Crippen LogP contribution in [0.4, 0.5) is 5.69 Å². The van der Waals surface area contributed by atoms with Crippen molar-refractivity contribution in [2.45, 2.75) is 0 Å². The van der Waals surface area contributed by atoms with Crippen LogP contribution in [0.1, 0.15) is 0 Å². The number of rotatable bonds is 4. The summed E-state index contributed by atoms with van der Waals surface area (Å²) in [5, 5.41) is 6.37. The van der Waals surface area contributed by atoms with Gasteiger partial charge in [-0.05, 0) is 30.4 Å². The monoisotopic (exact) mass is 379 g/mol. The molecular formula is C20H17N3O5. The summed E-state index contributed by atoms with van der Waals surface area (Å²) in [7, 11) is 2.48. The molecule has 1 aliphatic heterocycles. The molecule has 8 heteroatoms. The van der Waals surface area contributed by atoms with Crippen molar-refractivity contribution in [1.82, 2.24) is 10.2 Å². The van der Waals surface area contributed by atoms with Crippen LogP contribution in [-0.2, 0) is 19.1 Å². The van der Waals surface area contributed by atoms with Gasteiger partial charge in [-0.1, -0.05) is 18.2 Å². The van der Waals surface area contributed by atoms with Crippen LogP contribution in [0.5, 0.6) is 0 Å². The second-order valence-electron chi connectivity index (χ2n) is 5.67. The highest BCUT2D eigenvalue weighted by molar-refractivity contribution is 6.05. The molecule has 0 radical (unpaired) electrons. The highest BCUT2D eigenvalue weighted by Gasteiger charge is 2.27. The average Bonchev–Trinajstić information content (AvgIpc) is 2.96. The van der Waals surface area contributed by atoms with E-state index in [1.54, 1.807) is 53.6 Å². The van der Waals surface area contributed by atoms with E-state index in [1.807, 2.05) is 0 Å². The second-order valence-corrected chi connectivity index (χ2v) is 5.67. The van der Waals surface area contributed by atoms with E-state index in [0.29, 0.717) is 11.4 Å². The third-order valence-electron chi connectivity index (χ3n) is 4.01. The van der Waals surface area contributed by atoms with Crippen molar-refractivity contribution in [3.8, 4) is 11.3 Å². The molecule has 142 valence electrons. The Kier molecular flexibility index (Phi) is 5.50.